The van der Waals surface area contributed by atoms with E-state index >= 15 is 0 Å². The first kappa shape index (κ1) is 17.1. The molecule has 2 rings (SSSR count). The molecule has 1 aromatic carbocycles. The third-order valence-corrected chi connectivity index (χ3v) is 5.99. The third-order valence-electron chi connectivity index (χ3n) is 4.77. The average molecular weight is 374 g/mol. The molecule has 1 unspecified atom stereocenters. The molecule has 0 saturated heterocycles. The number of ether oxygens (including phenoxy) is 1. The molecule has 3 heteroatoms. The highest BCUT2D eigenvalue weighted by Crippen LogP contribution is 2.42. The van der Waals surface area contributed by atoms with Crippen LogP contribution in [-0.2, 0) is 0 Å². The Morgan fingerprint density at radius 3 is 2.57 bits per heavy atom. The molecule has 1 aliphatic rings. The fourth-order valence-corrected chi connectivity index (χ4v) is 4.33. The number of rotatable bonds is 6. The highest BCUT2D eigenvalue weighted by atomic mass is 79.9. The van der Waals surface area contributed by atoms with E-state index in [-0.39, 0.29) is 5.38 Å². The molecule has 0 N–H and O–H groups in total. The summed E-state index contributed by atoms with van der Waals surface area (Å²) in [6, 6.07) is 6.21. The van der Waals surface area contributed by atoms with Crippen LogP contribution in [0.3, 0.4) is 0 Å². The van der Waals surface area contributed by atoms with Crippen LogP contribution in [-0.4, -0.2) is 7.11 Å². The molecule has 1 atom stereocenters. The Morgan fingerprint density at radius 2 is 2.00 bits per heavy atom. The summed E-state index contributed by atoms with van der Waals surface area (Å²) < 4.78 is 6.28. The molecule has 1 aromatic rings. The average Bonchev–Trinajstić information content (AvgIpc) is 2.52. The van der Waals surface area contributed by atoms with Gasteiger partial charge in [0.25, 0.3) is 0 Å². The van der Waals surface area contributed by atoms with Crippen LogP contribution in [0, 0.1) is 11.8 Å². The second-order valence-corrected chi connectivity index (χ2v) is 7.54. The minimum absolute atomic E-state index is 0.124. The number of methoxy groups -OCH3 is 1. The number of unbranched alkanes of at least 4 members (excludes halogenated alkanes) is 1. The monoisotopic (exact) mass is 372 g/mol. The van der Waals surface area contributed by atoms with Crippen molar-refractivity contribution in [2.75, 3.05) is 7.11 Å². The molecular formula is C18H26BrClO. The van der Waals surface area contributed by atoms with E-state index in [0.29, 0.717) is 5.92 Å². The van der Waals surface area contributed by atoms with Gasteiger partial charge in [0.2, 0.25) is 0 Å². The zero-order chi connectivity index (χ0) is 15.2. The van der Waals surface area contributed by atoms with Gasteiger partial charge in [0.15, 0.2) is 0 Å². The van der Waals surface area contributed by atoms with Crippen LogP contribution < -0.4 is 4.74 Å². The summed E-state index contributed by atoms with van der Waals surface area (Å²) in [4.78, 5) is 0. The third kappa shape index (κ3) is 4.63. The van der Waals surface area contributed by atoms with E-state index < -0.39 is 0 Å². The number of benzene rings is 1. The minimum atomic E-state index is 0.124. The maximum atomic E-state index is 6.74. The van der Waals surface area contributed by atoms with Crippen molar-refractivity contribution in [2.24, 2.45) is 11.8 Å². The molecule has 0 aromatic heterocycles. The van der Waals surface area contributed by atoms with E-state index in [1.165, 1.54) is 50.5 Å². The summed E-state index contributed by atoms with van der Waals surface area (Å²) in [5, 5.41) is 0.124. The van der Waals surface area contributed by atoms with Gasteiger partial charge < -0.3 is 4.74 Å². The molecule has 0 heterocycles. The number of alkyl halides is 1. The topological polar surface area (TPSA) is 9.23 Å². The molecule has 0 radical (unpaired) electrons. The normalized spacial score (nSPS) is 23.8. The van der Waals surface area contributed by atoms with Crippen molar-refractivity contribution in [3.63, 3.8) is 0 Å². The predicted octanol–water partition coefficient (Wildman–Crippen LogP) is 6.73. The first-order valence-electron chi connectivity index (χ1n) is 8.13. The molecule has 1 saturated carbocycles. The summed E-state index contributed by atoms with van der Waals surface area (Å²) in [6.07, 6.45) is 9.35. The number of hydrogen-bond donors (Lipinski definition) is 0. The van der Waals surface area contributed by atoms with Crippen molar-refractivity contribution in [3.8, 4) is 5.75 Å². The smallest absolute Gasteiger partial charge is 0.133 e. The van der Waals surface area contributed by atoms with Crippen molar-refractivity contribution >= 4 is 27.5 Å². The van der Waals surface area contributed by atoms with Gasteiger partial charge in [-0.05, 0) is 58.3 Å². The highest BCUT2D eigenvalue weighted by Gasteiger charge is 2.27. The van der Waals surface area contributed by atoms with E-state index in [2.05, 4.69) is 35.0 Å². The maximum absolute atomic E-state index is 6.74. The second-order valence-electron chi connectivity index (χ2n) is 6.22. The van der Waals surface area contributed by atoms with E-state index in [1.807, 2.05) is 6.07 Å². The first-order valence-corrected chi connectivity index (χ1v) is 9.36. The lowest BCUT2D eigenvalue weighted by atomic mass is 9.77. The van der Waals surface area contributed by atoms with E-state index in [4.69, 9.17) is 16.3 Å². The van der Waals surface area contributed by atoms with Gasteiger partial charge in [-0.1, -0.05) is 45.1 Å². The molecular weight excluding hydrogens is 348 g/mol. The van der Waals surface area contributed by atoms with Gasteiger partial charge in [0.1, 0.15) is 5.75 Å². The maximum Gasteiger partial charge on any atom is 0.133 e. The Hall–Kier alpha value is -0.210. The van der Waals surface area contributed by atoms with E-state index in [9.17, 15) is 0 Å². The molecule has 0 amide bonds. The molecule has 21 heavy (non-hydrogen) atoms. The largest absolute Gasteiger partial charge is 0.496 e. The molecule has 1 fully saturated rings. The van der Waals surface area contributed by atoms with Gasteiger partial charge in [0, 0.05) is 0 Å². The minimum Gasteiger partial charge on any atom is -0.496 e. The van der Waals surface area contributed by atoms with Crippen molar-refractivity contribution in [3.05, 3.63) is 28.2 Å². The van der Waals surface area contributed by atoms with Crippen LogP contribution >= 0.6 is 27.5 Å². The summed E-state index contributed by atoms with van der Waals surface area (Å²) in [5.41, 5.74) is 1.21. The van der Waals surface area contributed by atoms with Crippen molar-refractivity contribution in [1.29, 1.82) is 0 Å². The van der Waals surface area contributed by atoms with Gasteiger partial charge in [-0.25, -0.2) is 0 Å². The van der Waals surface area contributed by atoms with Crippen LogP contribution in [0.15, 0.2) is 22.7 Å². The van der Waals surface area contributed by atoms with Gasteiger partial charge in [-0.3, -0.25) is 0 Å². The zero-order valence-electron chi connectivity index (χ0n) is 13.1. The predicted molar refractivity (Wildman–Crippen MR) is 94.3 cm³/mol. The van der Waals surface area contributed by atoms with E-state index in [0.717, 1.165) is 16.1 Å². The van der Waals surface area contributed by atoms with Gasteiger partial charge >= 0.3 is 0 Å². The molecule has 118 valence electrons. The van der Waals surface area contributed by atoms with Crippen molar-refractivity contribution in [2.45, 2.75) is 57.2 Å². The molecule has 0 aliphatic heterocycles. The summed E-state index contributed by atoms with van der Waals surface area (Å²) >= 11 is 10.3. The van der Waals surface area contributed by atoms with Gasteiger partial charge in [-0.2, -0.15) is 0 Å². The van der Waals surface area contributed by atoms with Crippen LogP contribution in [0.2, 0.25) is 0 Å². The lowest BCUT2D eigenvalue weighted by Crippen LogP contribution is -2.18. The Morgan fingerprint density at radius 1 is 1.29 bits per heavy atom. The van der Waals surface area contributed by atoms with Gasteiger partial charge in [0.05, 0.1) is 17.0 Å². The highest BCUT2D eigenvalue weighted by molar-refractivity contribution is 9.10. The molecule has 0 bridgehead atoms. The van der Waals surface area contributed by atoms with Crippen LogP contribution in [0.4, 0.5) is 0 Å². The first-order chi connectivity index (χ1) is 10.2. The second kappa shape index (κ2) is 8.43. The number of halogens is 2. The Labute approximate surface area is 142 Å². The van der Waals surface area contributed by atoms with Gasteiger partial charge in [-0.15, -0.1) is 11.6 Å². The van der Waals surface area contributed by atoms with Crippen molar-refractivity contribution in [1.82, 2.24) is 0 Å². The lowest BCUT2D eigenvalue weighted by Gasteiger charge is -2.31. The molecule has 0 spiro atoms. The number of hydrogen-bond acceptors (Lipinski definition) is 1. The fourth-order valence-electron chi connectivity index (χ4n) is 3.39. The van der Waals surface area contributed by atoms with Crippen LogP contribution in [0.1, 0.15) is 62.8 Å². The molecule has 1 aliphatic carbocycles. The van der Waals surface area contributed by atoms with Crippen molar-refractivity contribution < 1.29 is 4.74 Å². The Balaban J connectivity index is 1.92. The van der Waals surface area contributed by atoms with Crippen LogP contribution in [0.5, 0.6) is 5.75 Å². The molecule has 1 nitrogen and oxygen atoms in total. The quantitative estimate of drug-likeness (QED) is 0.502. The van der Waals surface area contributed by atoms with Crippen LogP contribution in [0.25, 0.3) is 0 Å². The summed E-state index contributed by atoms with van der Waals surface area (Å²) in [7, 11) is 1.69. The van der Waals surface area contributed by atoms with E-state index in [1.54, 1.807) is 7.11 Å². The zero-order valence-corrected chi connectivity index (χ0v) is 15.4. The summed E-state index contributed by atoms with van der Waals surface area (Å²) in [5.74, 6) is 2.42. The summed E-state index contributed by atoms with van der Waals surface area (Å²) in [6.45, 7) is 2.28. The standard InChI is InChI=1S/C18H26BrClO/c1-3-4-5-13-6-8-14(9-7-13)18(20)15-10-11-17(21-2)16(19)12-15/h10-14,18H,3-9H2,1-2H3. The fraction of sp³-hybridized carbons (Fsp3) is 0.667. The SMILES string of the molecule is CCCCC1CCC(C(Cl)c2ccc(OC)c(Br)c2)CC1. The Kier molecular flexibility index (Phi) is 6.88. The Bertz CT molecular complexity index is 441. The lowest BCUT2D eigenvalue weighted by molar-refractivity contribution is 0.254.